The van der Waals surface area contributed by atoms with Crippen molar-refractivity contribution in [2.45, 2.75) is 41.0 Å². The zero-order chi connectivity index (χ0) is 17.3. The Hall–Kier alpha value is -1.84. The Kier molecular flexibility index (Phi) is 5.91. The van der Waals surface area contributed by atoms with Gasteiger partial charge < -0.3 is 9.55 Å². The third-order valence-electron chi connectivity index (χ3n) is 3.92. The predicted molar refractivity (Wildman–Crippen MR) is 96.1 cm³/mol. The van der Waals surface area contributed by atoms with Crippen LogP contribution in [0.1, 0.15) is 37.5 Å². The standard InChI is InChI=1S/C20H23N4.Ir/c1-14-9-16(11-20(3,4)5)10-15(2)18(14)24-13-22-23-19(24)17-7-6-8-21-12-17;/h6,8-10,12-13H,11H2,1-5H3;/q-1;. The first kappa shape index (κ1) is 19.5. The molecule has 0 aliphatic heterocycles. The van der Waals surface area contributed by atoms with Gasteiger partial charge in [-0.15, -0.1) is 17.2 Å². The number of rotatable bonds is 3. The summed E-state index contributed by atoms with van der Waals surface area (Å²) in [5.41, 5.74) is 6.05. The average molecular weight is 512 g/mol. The molecular weight excluding hydrogens is 488 g/mol. The van der Waals surface area contributed by atoms with Crippen LogP contribution in [0.15, 0.2) is 36.9 Å². The van der Waals surface area contributed by atoms with E-state index < -0.39 is 0 Å². The summed E-state index contributed by atoms with van der Waals surface area (Å²) in [6.45, 7) is 11.1. The number of benzene rings is 1. The van der Waals surface area contributed by atoms with Crippen LogP contribution < -0.4 is 0 Å². The molecule has 5 heteroatoms. The van der Waals surface area contributed by atoms with E-state index in [0.717, 1.165) is 23.5 Å². The maximum Gasteiger partial charge on any atom is 0.114 e. The summed E-state index contributed by atoms with van der Waals surface area (Å²) in [6, 6.07) is 9.51. The predicted octanol–water partition coefficient (Wildman–Crippen LogP) is 4.33. The van der Waals surface area contributed by atoms with Crippen LogP contribution in [0.25, 0.3) is 17.1 Å². The van der Waals surface area contributed by atoms with Crippen LogP contribution in [0.5, 0.6) is 0 Å². The second kappa shape index (κ2) is 7.59. The van der Waals surface area contributed by atoms with Gasteiger partial charge in [0.1, 0.15) is 6.33 Å². The number of nitrogens with zero attached hydrogens (tertiary/aromatic N) is 4. The van der Waals surface area contributed by atoms with Gasteiger partial charge in [-0.1, -0.05) is 50.9 Å². The van der Waals surface area contributed by atoms with E-state index in [1.54, 1.807) is 24.8 Å². The SMILES string of the molecule is Cc1cc(CC(C)(C)C)cc(C)c1-n1cnnc1-c1[c-]ccnc1.[Ir]. The summed E-state index contributed by atoms with van der Waals surface area (Å²) in [4.78, 5) is 4.16. The number of hydrogen-bond donors (Lipinski definition) is 0. The molecule has 0 saturated carbocycles. The Bertz CT molecular complexity index is 825. The Balaban J connectivity index is 0.00000225. The summed E-state index contributed by atoms with van der Waals surface area (Å²) in [6.07, 6.45) is 6.29. The topological polar surface area (TPSA) is 43.6 Å². The molecule has 4 nitrogen and oxygen atoms in total. The van der Waals surface area contributed by atoms with Crippen molar-refractivity contribution in [2.75, 3.05) is 0 Å². The molecule has 0 amide bonds. The Morgan fingerprint density at radius 3 is 2.36 bits per heavy atom. The van der Waals surface area contributed by atoms with Gasteiger partial charge in [0.05, 0.1) is 5.82 Å². The summed E-state index contributed by atoms with van der Waals surface area (Å²) >= 11 is 0. The number of pyridine rings is 1. The van der Waals surface area contributed by atoms with E-state index >= 15 is 0 Å². The van der Waals surface area contributed by atoms with Crippen LogP contribution in [-0.2, 0) is 26.5 Å². The minimum atomic E-state index is 0. The first-order chi connectivity index (χ1) is 11.3. The van der Waals surface area contributed by atoms with Gasteiger partial charge in [0, 0.05) is 25.8 Å². The van der Waals surface area contributed by atoms with Crippen LogP contribution in [0.3, 0.4) is 0 Å². The van der Waals surface area contributed by atoms with Gasteiger partial charge in [-0.25, -0.2) is 0 Å². The molecule has 1 radical (unpaired) electrons. The van der Waals surface area contributed by atoms with Crippen molar-refractivity contribution in [2.24, 2.45) is 5.41 Å². The van der Waals surface area contributed by atoms with Crippen LogP contribution in [-0.4, -0.2) is 19.7 Å². The quantitative estimate of drug-likeness (QED) is 0.492. The molecule has 0 fully saturated rings. The molecule has 3 rings (SSSR count). The summed E-state index contributed by atoms with van der Waals surface area (Å²) < 4.78 is 2.03. The molecule has 0 bridgehead atoms. The van der Waals surface area contributed by atoms with Crippen molar-refractivity contribution in [1.82, 2.24) is 19.7 Å². The van der Waals surface area contributed by atoms with E-state index in [9.17, 15) is 0 Å². The Labute approximate surface area is 163 Å². The van der Waals surface area contributed by atoms with Gasteiger partial charge in [-0.05, 0) is 42.4 Å². The molecule has 3 aromatic rings. The van der Waals surface area contributed by atoms with Crippen molar-refractivity contribution in [3.8, 4) is 17.1 Å². The fraction of sp³-hybridized carbons (Fsp3) is 0.350. The number of hydrogen-bond acceptors (Lipinski definition) is 3. The Morgan fingerprint density at radius 1 is 1.12 bits per heavy atom. The fourth-order valence-corrected chi connectivity index (χ4v) is 3.17. The average Bonchev–Trinajstić information content (AvgIpc) is 2.95. The van der Waals surface area contributed by atoms with E-state index in [2.05, 4.69) is 68.0 Å². The second-order valence-electron chi connectivity index (χ2n) is 7.49. The van der Waals surface area contributed by atoms with Crippen molar-refractivity contribution in [3.63, 3.8) is 0 Å². The van der Waals surface area contributed by atoms with Gasteiger partial charge in [0.15, 0.2) is 0 Å². The van der Waals surface area contributed by atoms with Crippen molar-refractivity contribution < 1.29 is 20.1 Å². The first-order valence-corrected chi connectivity index (χ1v) is 8.18. The molecule has 2 heterocycles. The van der Waals surface area contributed by atoms with Gasteiger partial charge in [-0.3, -0.25) is 0 Å². The van der Waals surface area contributed by atoms with Gasteiger partial charge in [0.2, 0.25) is 0 Å². The van der Waals surface area contributed by atoms with Crippen molar-refractivity contribution in [3.05, 3.63) is 59.7 Å². The third kappa shape index (κ3) is 4.42. The molecule has 133 valence electrons. The molecule has 0 saturated heterocycles. The molecule has 2 aromatic heterocycles. The number of aryl methyl sites for hydroxylation is 2. The van der Waals surface area contributed by atoms with Crippen LogP contribution in [0, 0.1) is 25.3 Å². The van der Waals surface area contributed by atoms with E-state index in [1.807, 2.05) is 4.57 Å². The zero-order valence-electron chi connectivity index (χ0n) is 15.3. The second-order valence-corrected chi connectivity index (χ2v) is 7.49. The molecule has 0 aliphatic carbocycles. The zero-order valence-corrected chi connectivity index (χ0v) is 17.7. The molecule has 0 atom stereocenters. The first-order valence-electron chi connectivity index (χ1n) is 8.18. The molecule has 0 spiro atoms. The Morgan fingerprint density at radius 2 is 1.80 bits per heavy atom. The van der Waals surface area contributed by atoms with Crippen LogP contribution in [0.4, 0.5) is 0 Å². The fourth-order valence-electron chi connectivity index (χ4n) is 3.17. The van der Waals surface area contributed by atoms with Crippen molar-refractivity contribution >= 4 is 0 Å². The molecule has 0 N–H and O–H groups in total. The third-order valence-corrected chi connectivity index (χ3v) is 3.92. The summed E-state index contributed by atoms with van der Waals surface area (Å²) in [7, 11) is 0. The molecule has 0 unspecified atom stereocenters. The minimum absolute atomic E-state index is 0. The van der Waals surface area contributed by atoms with E-state index in [0.29, 0.717) is 0 Å². The van der Waals surface area contributed by atoms with E-state index in [4.69, 9.17) is 0 Å². The molecule has 1 aromatic carbocycles. The smallest absolute Gasteiger partial charge is 0.114 e. The largest absolute Gasteiger partial charge is 0.360 e. The van der Waals surface area contributed by atoms with E-state index in [1.165, 1.54) is 16.7 Å². The van der Waals surface area contributed by atoms with Crippen LogP contribution in [0.2, 0.25) is 0 Å². The van der Waals surface area contributed by atoms with E-state index in [-0.39, 0.29) is 25.5 Å². The minimum Gasteiger partial charge on any atom is -0.360 e. The monoisotopic (exact) mass is 512 g/mol. The van der Waals surface area contributed by atoms with Gasteiger partial charge >= 0.3 is 0 Å². The summed E-state index contributed by atoms with van der Waals surface area (Å²) in [5.74, 6) is 0.762. The van der Waals surface area contributed by atoms with Crippen LogP contribution >= 0.6 is 0 Å². The molecule has 0 aliphatic rings. The maximum atomic E-state index is 4.27. The number of aromatic nitrogens is 4. The van der Waals surface area contributed by atoms with Gasteiger partial charge in [0.25, 0.3) is 0 Å². The molecular formula is C20H23IrN4-. The maximum absolute atomic E-state index is 4.27. The normalized spacial score (nSPS) is 11.2. The summed E-state index contributed by atoms with van der Waals surface area (Å²) in [5, 5.41) is 8.37. The molecule has 25 heavy (non-hydrogen) atoms. The van der Waals surface area contributed by atoms with Crippen molar-refractivity contribution in [1.29, 1.82) is 0 Å². The van der Waals surface area contributed by atoms with Gasteiger partial charge in [-0.2, -0.15) is 5.10 Å².